The number of carboxylic acid groups (broad SMARTS) is 1. The van der Waals surface area contributed by atoms with Crippen molar-refractivity contribution in [2.24, 2.45) is 0 Å². The average Bonchev–Trinajstić information content (AvgIpc) is 2.45. The number of rotatable bonds is 3. The van der Waals surface area contributed by atoms with E-state index in [1.165, 1.54) is 10.9 Å². The van der Waals surface area contributed by atoms with Crippen molar-refractivity contribution in [3.63, 3.8) is 0 Å². The van der Waals surface area contributed by atoms with Crippen LogP contribution in [0, 0.1) is 0 Å². The Morgan fingerprint density at radius 3 is 2.92 bits per heavy atom. The van der Waals surface area contributed by atoms with Crippen LogP contribution in [-0.2, 0) is 11.3 Å². The number of aliphatic hydroxyl groups is 1. The third-order valence-electron chi connectivity index (χ3n) is 1.63. The van der Waals surface area contributed by atoms with Gasteiger partial charge in [0.2, 0.25) is 0 Å². The summed E-state index contributed by atoms with van der Waals surface area (Å²) >= 11 is 3.12. The maximum absolute atomic E-state index is 10.5. The normalized spacial score (nSPS) is 12.8. The quantitative estimate of drug-likeness (QED) is 0.830. The number of aliphatic hydroxyl groups excluding tert-OH is 1. The highest BCUT2D eigenvalue weighted by Gasteiger charge is 2.23. The van der Waals surface area contributed by atoms with Crippen molar-refractivity contribution in [3.8, 4) is 0 Å². The summed E-state index contributed by atoms with van der Waals surface area (Å²) in [7, 11) is 0. The van der Waals surface area contributed by atoms with E-state index in [2.05, 4.69) is 21.0 Å². The van der Waals surface area contributed by atoms with E-state index >= 15 is 0 Å². The molecule has 0 saturated carbocycles. The summed E-state index contributed by atoms with van der Waals surface area (Å²) in [5.74, 6) is -1.28. The summed E-state index contributed by atoms with van der Waals surface area (Å²) in [5.41, 5.74) is 0.273. The van der Waals surface area contributed by atoms with Crippen molar-refractivity contribution < 1.29 is 15.0 Å². The van der Waals surface area contributed by atoms with Crippen LogP contribution in [0.15, 0.2) is 10.7 Å². The molecule has 13 heavy (non-hydrogen) atoms. The van der Waals surface area contributed by atoms with Gasteiger partial charge in [-0.1, -0.05) is 0 Å². The fraction of sp³-hybridized carbons (Fsp3) is 0.429. The molecule has 0 aliphatic heterocycles. The van der Waals surface area contributed by atoms with Crippen LogP contribution >= 0.6 is 15.9 Å². The van der Waals surface area contributed by atoms with Crippen LogP contribution < -0.4 is 0 Å². The molecule has 0 saturated heterocycles. The van der Waals surface area contributed by atoms with Crippen LogP contribution in [0.3, 0.4) is 0 Å². The van der Waals surface area contributed by atoms with Gasteiger partial charge in [-0.3, -0.25) is 4.68 Å². The van der Waals surface area contributed by atoms with E-state index in [0.29, 0.717) is 11.0 Å². The molecule has 0 amide bonds. The highest BCUT2D eigenvalue weighted by atomic mass is 79.9. The van der Waals surface area contributed by atoms with Gasteiger partial charge in [0.1, 0.15) is 0 Å². The molecular weight excluding hydrogens is 240 g/mol. The molecule has 6 heteroatoms. The molecule has 1 heterocycles. The molecule has 0 bridgehead atoms. The Bertz CT molecular complexity index is 324. The first kappa shape index (κ1) is 10.2. The second kappa shape index (κ2) is 3.89. The molecule has 72 valence electrons. The predicted octanol–water partition coefficient (Wildman–Crippen LogP) is 0.784. The van der Waals surface area contributed by atoms with E-state index in [4.69, 9.17) is 5.11 Å². The van der Waals surface area contributed by atoms with Crippen molar-refractivity contribution in [3.05, 3.63) is 16.4 Å². The maximum atomic E-state index is 10.5. The largest absolute Gasteiger partial charge is 0.479 e. The molecular formula is C7H9BrN2O3. The first-order valence-electron chi connectivity index (χ1n) is 3.70. The van der Waals surface area contributed by atoms with Gasteiger partial charge in [-0.05, 0) is 22.9 Å². The van der Waals surface area contributed by atoms with Gasteiger partial charge in [0.05, 0.1) is 16.4 Å². The minimum atomic E-state index is -1.53. The Hall–Kier alpha value is -0.880. The lowest BCUT2D eigenvalue weighted by atomic mass is 10.2. The second-order valence-electron chi connectivity index (χ2n) is 2.43. The predicted molar refractivity (Wildman–Crippen MR) is 48.2 cm³/mol. The number of halogens is 1. The second-order valence-corrected chi connectivity index (χ2v) is 3.29. The lowest BCUT2D eigenvalue weighted by Gasteiger charge is -2.08. The number of hydrogen-bond acceptors (Lipinski definition) is 3. The summed E-state index contributed by atoms with van der Waals surface area (Å²) in [5, 5.41) is 21.8. The highest BCUT2D eigenvalue weighted by Crippen LogP contribution is 2.23. The molecule has 0 fully saturated rings. The number of aryl methyl sites for hydroxylation is 1. The van der Waals surface area contributed by atoms with Gasteiger partial charge in [0.15, 0.2) is 6.10 Å². The van der Waals surface area contributed by atoms with Crippen LogP contribution in [0.2, 0.25) is 0 Å². The van der Waals surface area contributed by atoms with E-state index in [1.54, 1.807) is 0 Å². The summed E-state index contributed by atoms with van der Waals surface area (Å²) in [4.78, 5) is 10.5. The van der Waals surface area contributed by atoms with Gasteiger partial charge < -0.3 is 10.2 Å². The molecule has 1 atom stereocenters. The van der Waals surface area contributed by atoms with E-state index in [9.17, 15) is 9.90 Å². The number of hydrogen-bond donors (Lipinski definition) is 2. The number of nitrogens with zero attached hydrogens (tertiary/aromatic N) is 2. The summed E-state index contributed by atoms with van der Waals surface area (Å²) < 4.78 is 1.94. The molecule has 2 N–H and O–H groups in total. The van der Waals surface area contributed by atoms with E-state index < -0.39 is 12.1 Å². The monoisotopic (exact) mass is 248 g/mol. The molecule has 1 aromatic rings. The molecule has 0 radical (unpaired) electrons. The zero-order chi connectivity index (χ0) is 10.0. The average molecular weight is 249 g/mol. The Labute approximate surface area is 83.1 Å². The topological polar surface area (TPSA) is 75.3 Å². The van der Waals surface area contributed by atoms with Crippen LogP contribution in [0.5, 0.6) is 0 Å². The van der Waals surface area contributed by atoms with Crippen molar-refractivity contribution in [2.75, 3.05) is 0 Å². The lowest BCUT2D eigenvalue weighted by molar-refractivity contribution is -0.147. The fourth-order valence-electron chi connectivity index (χ4n) is 1.01. The smallest absolute Gasteiger partial charge is 0.338 e. The van der Waals surface area contributed by atoms with E-state index in [1.807, 2.05) is 6.92 Å². The molecule has 5 nitrogen and oxygen atoms in total. The third kappa shape index (κ3) is 1.89. The van der Waals surface area contributed by atoms with E-state index in [-0.39, 0.29) is 5.69 Å². The molecule has 1 unspecified atom stereocenters. The molecule has 1 rings (SSSR count). The van der Waals surface area contributed by atoms with Gasteiger partial charge >= 0.3 is 5.97 Å². The minimum absolute atomic E-state index is 0.273. The van der Waals surface area contributed by atoms with Gasteiger partial charge in [0, 0.05) is 6.54 Å². The summed E-state index contributed by atoms with van der Waals surface area (Å²) in [6, 6.07) is 0. The minimum Gasteiger partial charge on any atom is -0.479 e. The van der Waals surface area contributed by atoms with Crippen molar-refractivity contribution in [1.29, 1.82) is 0 Å². The lowest BCUT2D eigenvalue weighted by Crippen LogP contribution is -2.16. The van der Waals surface area contributed by atoms with Crippen LogP contribution in [-0.4, -0.2) is 26.0 Å². The SMILES string of the molecule is CCn1ncc(Br)c1C(O)C(=O)O. The van der Waals surface area contributed by atoms with Gasteiger partial charge in [-0.15, -0.1) is 0 Å². The molecule has 0 aliphatic carbocycles. The molecule has 0 spiro atoms. The van der Waals surface area contributed by atoms with Crippen LogP contribution in [0.25, 0.3) is 0 Å². The number of carboxylic acids is 1. The Morgan fingerprint density at radius 2 is 2.46 bits per heavy atom. The van der Waals surface area contributed by atoms with Gasteiger partial charge in [-0.25, -0.2) is 4.79 Å². The highest BCUT2D eigenvalue weighted by molar-refractivity contribution is 9.10. The van der Waals surface area contributed by atoms with Crippen LogP contribution in [0.4, 0.5) is 0 Å². The first-order valence-corrected chi connectivity index (χ1v) is 4.49. The van der Waals surface area contributed by atoms with Gasteiger partial charge in [0.25, 0.3) is 0 Å². The van der Waals surface area contributed by atoms with E-state index in [0.717, 1.165) is 0 Å². The van der Waals surface area contributed by atoms with Crippen molar-refractivity contribution >= 4 is 21.9 Å². The first-order chi connectivity index (χ1) is 6.07. The summed E-state index contributed by atoms with van der Waals surface area (Å²) in [6.45, 7) is 2.34. The number of aliphatic carboxylic acids is 1. The summed E-state index contributed by atoms with van der Waals surface area (Å²) in [6.07, 6.45) is -0.0674. The Morgan fingerprint density at radius 1 is 1.85 bits per heavy atom. The molecule has 0 aromatic carbocycles. The zero-order valence-electron chi connectivity index (χ0n) is 6.94. The molecule has 1 aromatic heterocycles. The standard InChI is InChI=1S/C7H9BrN2O3/c1-2-10-5(4(8)3-9-10)6(11)7(12)13/h3,6,11H,2H2,1H3,(H,12,13). The molecule has 0 aliphatic rings. The fourth-order valence-corrected chi connectivity index (χ4v) is 1.53. The zero-order valence-corrected chi connectivity index (χ0v) is 8.52. The van der Waals surface area contributed by atoms with Crippen LogP contribution in [0.1, 0.15) is 18.7 Å². The van der Waals surface area contributed by atoms with Crippen molar-refractivity contribution in [1.82, 2.24) is 9.78 Å². The number of aromatic nitrogens is 2. The maximum Gasteiger partial charge on any atom is 0.338 e. The number of carbonyl (C=O) groups is 1. The van der Waals surface area contributed by atoms with Gasteiger partial charge in [-0.2, -0.15) is 5.10 Å². The Kier molecular flexibility index (Phi) is 3.05. The third-order valence-corrected chi connectivity index (χ3v) is 2.24. The van der Waals surface area contributed by atoms with Crippen molar-refractivity contribution in [2.45, 2.75) is 19.6 Å². The Balaban J connectivity index is 3.10.